The maximum absolute atomic E-state index is 13.0. The molecule has 144 valence electrons. The quantitative estimate of drug-likeness (QED) is 0.633. The van der Waals surface area contributed by atoms with Gasteiger partial charge < -0.3 is 15.6 Å². The summed E-state index contributed by atoms with van der Waals surface area (Å²) in [6.07, 6.45) is -2.90. The van der Waals surface area contributed by atoms with E-state index in [2.05, 4.69) is 25.7 Å². The van der Waals surface area contributed by atoms with Crippen LogP contribution in [0, 0.1) is 12.8 Å². The van der Waals surface area contributed by atoms with Crippen molar-refractivity contribution in [2.75, 3.05) is 11.9 Å². The van der Waals surface area contributed by atoms with Crippen LogP contribution < -0.4 is 10.6 Å². The van der Waals surface area contributed by atoms with Crippen LogP contribution in [0.4, 0.5) is 23.7 Å². The van der Waals surface area contributed by atoms with Gasteiger partial charge in [-0.3, -0.25) is 4.68 Å². The Labute approximate surface area is 153 Å². The number of hydrogen-bond donors (Lipinski definition) is 3. The Kier molecular flexibility index (Phi) is 5.06. The number of amides is 2. The van der Waals surface area contributed by atoms with Gasteiger partial charge in [-0.25, -0.2) is 9.78 Å². The number of fused-ring (bicyclic) bond motifs is 1. The van der Waals surface area contributed by atoms with E-state index in [1.54, 1.807) is 31.5 Å². The summed E-state index contributed by atoms with van der Waals surface area (Å²) in [5, 5.41) is 9.24. The van der Waals surface area contributed by atoms with Gasteiger partial charge in [-0.15, -0.1) is 0 Å². The third-order valence-electron chi connectivity index (χ3n) is 3.97. The molecule has 0 bridgehead atoms. The van der Waals surface area contributed by atoms with Crippen LogP contribution in [-0.4, -0.2) is 32.3 Å². The van der Waals surface area contributed by atoms with Crippen LogP contribution in [0.15, 0.2) is 30.6 Å². The second-order valence-electron chi connectivity index (χ2n) is 6.43. The van der Waals surface area contributed by atoms with E-state index in [1.165, 1.54) is 6.92 Å². The first-order valence-electron chi connectivity index (χ1n) is 8.32. The average molecular weight is 380 g/mol. The molecule has 0 saturated heterocycles. The van der Waals surface area contributed by atoms with E-state index >= 15 is 0 Å². The fourth-order valence-electron chi connectivity index (χ4n) is 2.73. The summed E-state index contributed by atoms with van der Waals surface area (Å²) in [4.78, 5) is 19.1. The Morgan fingerprint density at radius 3 is 2.85 bits per heavy atom. The predicted octanol–water partition coefficient (Wildman–Crippen LogP) is 3.54. The molecule has 0 aliphatic rings. The number of rotatable bonds is 5. The first-order valence-corrected chi connectivity index (χ1v) is 8.32. The smallest absolute Gasteiger partial charge is 0.345 e. The summed E-state index contributed by atoms with van der Waals surface area (Å²) in [5.41, 5.74) is 1.66. The van der Waals surface area contributed by atoms with Crippen LogP contribution in [0.3, 0.4) is 0 Å². The highest BCUT2D eigenvalue weighted by Crippen LogP contribution is 2.30. The number of hydrogen-bond acceptors (Lipinski definition) is 3. The van der Waals surface area contributed by atoms with Crippen LogP contribution in [0.5, 0.6) is 0 Å². The molecule has 7 nitrogen and oxygen atoms in total. The number of halogens is 3. The summed E-state index contributed by atoms with van der Waals surface area (Å²) in [5.74, 6) is -0.244. The molecule has 0 aliphatic carbocycles. The van der Waals surface area contributed by atoms with Crippen molar-refractivity contribution in [3.8, 4) is 0 Å². The summed E-state index contributed by atoms with van der Waals surface area (Å²) in [6, 6.07) is 5.80. The van der Waals surface area contributed by atoms with Crippen molar-refractivity contribution in [2.24, 2.45) is 5.92 Å². The van der Waals surface area contributed by atoms with Gasteiger partial charge in [0.1, 0.15) is 5.69 Å². The minimum atomic E-state index is -4.46. The first-order chi connectivity index (χ1) is 12.7. The number of urea groups is 1. The second-order valence-corrected chi connectivity index (χ2v) is 6.43. The van der Waals surface area contributed by atoms with Gasteiger partial charge >= 0.3 is 12.2 Å². The van der Waals surface area contributed by atoms with E-state index in [-0.39, 0.29) is 19.0 Å². The number of nitrogens with zero attached hydrogens (tertiary/aromatic N) is 3. The molecule has 27 heavy (non-hydrogen) atoms. The lowest BCUT2D eigenvalue weighted by atomic mass is 10.2. The average Bonchev–Trinajstić information content (AvgIpc) is 3.18. The van der Waals surface area contributed by atoms with Crippen molar-refractivity contribution in [1.29, 1.82) is 0 Å². The maximum Gasteiger partial charge on any atom is 0.433 e. The molecule has 3 N–H and O–H groups in total. The molecule has 2 heterocycles. The molecule has 3 aromatic rings. The number of nitrogens with one attached hydrogen (secondary N) is 3. The number of H-pyrrole nitrogens is 1. The third kappa shape index (κ3) is 4.57. The molecule has 1 unspecified atom stereocenters. The van der Waals surface area contributed by atoms with Gasteiger partial charge in [0.15, 0.2) is 0 Å². The SMILES string of the molecule is Cc1cc(C(F)(F)F)n(CC(C)CNC(=O)Nc2ccc3nc[nH]c3c2)n1. The monoisotopic (exact) mass is 380 g/mol. The molecule has 1 atom stereocenters. The van der Waals surface area contributed by atoms with E-state index < -0.39 is 17.9 Å². The molecular weight excluding hydrogens is 361 g/mol. The summed E-state index contributed by atoms with van der Waals surface area (Å²) in [6.45, 7) is 3.50. The predicted molar refractivity (Wildman–Crippen MR) is 94.2 cm³/mol. The number of imidazole rings is 1. The first kappa shape index (κ1) is 18.7. The van der Waals surface area contributed by atoms with Crippen molar-refractivity contribution in [1.82, 2.24) is 25.1 Å². The Morgan fingerprint density at radius 1 is 1.33 bits per heavy atom. The van der Waals surface area contributed by atoms with Crippen LogP contribution >= 0.6 is 0 Å². The number of aromatic nitrogens is 4. The van der Waals surface area contributed by atoms with Gasteiger partial charge in [-0.1, -0.05) is 6.92 Å². The largest absolute Gasteiger partial charge is 0.433 e. The summed E-state index contributed by atoms with van der Waals surface area (Å²) in [7, 11) is 0. The van der Waals surface area contributed by atoms with Gasteiger partial charge in [0.2, 0.25) is 0 Å². The van der Waals surface area contributed by atoms with Crippen molar-refractivity contribution >= 4 is 22.8 Å². The number of anilines is 1. The third-order valence-corrected chi connectivity index (χ3v) is 3.97. The van der Waals surface area contributed by atoms with E-state index in [4.69, 9.17) is 0 Å². The highest BCUT2D eigenvalue weighted by atomic mass is 19.4. The number of aryl methyl sites for hydroxylation is 1. The Bertz CT molecular complexity index is 946. The molecule has 2 amide bonds. The normalized spacial score (nSPS) is 12.9. The standard InChI is InChI=1S/C17H19F3N6O/c1-10(8-26-15(17(18,19)20)5-11(2)25-26)7-21-16(27)24-12-3-4-13-14(6-12)23-9-22-13/h3-6,9-10H,7-8H2,1-2H3,(H,22,23)(H2,21,24,27). The molecule has 10 heteroatoms. The van der Waals surface area contributed by atoms with E-state index in [0.717, 1.165) is 21.8 Å². The van der Waals surface area contributed by atoms with Crippen molar-refractivity contribution in [3.63, 3.8) is 0 Å². The van der Waals surface area contributed by atoms with Crippen molar-refractivity contribution in [2.45, 2.75) is 26.6 Å². The van der Waals surface area contributed by atoms with Gasteiger partial charge in [-0.2, -0.15) is 18.3 Å². The lowest BCUT2D eigenvalue weighted by Crippen LogP contribution is -2.34. The second kappa shape index (κ2) is 7.29. The number of benzene rings is 1. The summed E-state index contributed by atoms with van der Waals surface area (Å²) >= 11 is 0. The zero-order valence-corrected chi connectivity index (χ0v) is 14.8. The number of carbonyl (C=O) groups excluding carboxylic acids is 1. The number of alkyl halides is 3. The van der Waals surface area contributed by atoms with Crippen molar-refractivity contribution < 1.29 is 18.0 Å². The minimum Gasteiger partial charge on any atom is -0.345 e. The maximum atomic E-state index is 13.0. The van der Waals surface area contributed by atoms with Crippen LogP contribution in [0.25, 0.3) is 11.0 Å². The Balaban J connectivity index is 1.54. The van der Waals surface area contributed by atoms with Gasteiger partial charge in [0.05, 0.1) is 23.1 Å². The molecule has 0 aliphatic heterocycles. The zero-order chi connectivity index (χ0) is 19.6. The lowest BCUT2D eigenvalue weighted by Gasteiger charge is -2.16. The van der Waals surface area contributed by atoms with E-state index in [0.29, 0.717) is 11.4 Å². The van der Waals surface area contributed by atoms with Gasteiger partial charge in [0, 0.05) is 18.8 Å². The van der Waals surface area contributed by atoms with Crippen molar-refractivity contribution in [3.05, 3.63) is 42.0 Å². The Morgan fingerprint density at radius 2 is 2.11 bits per heavy atom. The zero-order valence-electron chi connectivity index (χ0n) is 14.8. The number of aromatic amines is 1. The molecular formula is C17H19F3N6O. The lowest BCUT2D eigenvalue weighted by molar-refractivity contribution is -0.144. The van der Waals surface area contributed by atoms with E-state index in [1.807, 2.05) is 0 Å². The van der Waals surface area contributed by atoms with Gasteiger partial charge in [0.25, 0.3) is 0 Å². The molecule has 2 aromatic heterocycles. The highest BCUT2D eigenvalue weighted by molar-refractivity contribution is 5.91. The summed E-state index contributed by atoms with van der Waals surface area (Å²) < 4.78 is 40.0. The fourth-order valence-corrected chi connectivity index (χ4v) is 2.73. The van der Waals surface area contributed by atoms with Gasteiger partial charge in [-0.05, 0) is 37.1 Å². The minimum absolute atomic E-state index is 0.0447. The van der Waals surface area contributed by atoms with Crippen LogP contribution in [0.1, 0.15) is 18.3 Å². The Hall–Kier alpha value is -3.04. The molecule has 0 saturated carbocycles. The topological polar surface area (TPSA) is 87.6 Å². The number of carbonyl (C=O) groups is 1. The van der Waals surface area contributed by atoms with Crippen LogP contribution in [-0.2, 0) is 12.7 Å². The molecule has 0 radical (unpaired) electrons. The molecule has 0 fully saturated rings. The fraction of sp³-hybridized carbons (Fsp3) is 0.353. The molecule has 3 rings (SSSR count). The molecule has 1 aromatic carbocycles. The molecule has 0 spiro atoms. The highest BCUT2D eigenvalue weighted by Gasteiger charge is 2.35. The van der Waals surface area contributed by atoms with Crippen LogP contribution in [0.2, 0.25) is 0 Å². The van der Waals surface area contributed by atoms with E-state index in [9.17, 15) is 18.0 Å².